The van der Waals surface area contributed by atoms with E-state index in [0.717, 1.165) is 12.8 Å². The predicted molar refractivity (Wildman–Crippen MR) is 69.0 cm³/mol. The quantitative estimate of drug-likeness (QED) is 0.793. The van der Waals surface area contributed by atoms with E-state index in [1.807, 2.05) is 0 Å². The zero-order valence-electron chi connectivity index (χ0n) is 11.1. The van der Waals surface area contributed by atoms with Crippen LogP contribution < -0.4 is 5.32 Å². The number of carboxylic acid groups (broad SMARTS) is 1. The smallest absolute Gasteiger partial charge is 0.336 e. The third kappa shape index (κ3) is 3.36. The van der Waals surface area contributed by atoms with E-state index in [0.29, 0.717) is 25.0 Å². The second-order valence-electron chi connectivity index (χ2n) is 5.05. The third-order valence-corrected chi connectivity index (χ3v) is 3.58. The van der Waals surface area contributed by atoms with Gasteiger partial charge < -0.3 is 15.5 Å². The highest BCUT2D eigenvalue weighted by molar-refractivity contribution is 6.04. The fraction of sp³-hybridized carbons (Fsp3) is 0.429. The van der Waals surface area contributed by atoms with Crippen LogP contribution in [-0.4, -0.2) is 34.2 Å². The normalized spacial score (nSPS) is 21.9. The van der Waals surface area contributed by atoms with Gasteiger partial charge in [0.2, 0.25) is 0 Å². The highest BCUT2D eigenvalue weighted by Crippen LogP contribution is 2.20. The van der Waals surface area contributed by atoms with E-state index in [9.17, 15) is 23.5 Å². The lowest BCUT2D eigenvalue weighted by molar-refractivity contribution is 0.0674. The summed E-state index contributed by atoms with van der Waals surface area (Å²) in [5.74, 6) is -4.99. The van der Waals surface area contributed by atoms with Crippen LogP contribution in [0.5, 0.6) is 0 Å². The number of aliphatic hydroxyl groups excluding tert-OH is 1. The first-order valence-electron chi connectivity index (χ1n) is 6.61. The van der Waals surface area contributed by atoms with E-state index in [-0.39, 0.29) is 0 Å². The molecule has 21 heavy (non-hydrogen) atoms. The molecule has 0 spiro atoms. The monoisotopic (exact) mass is 299 g/mol. The molecule has 0 aliphatic heterocycles. The van der Waals surface area contributed by atoms with Crippen molar-refractivity contribution in [1.82, 2.24) is 5.32 Å². The van der Waals surface area contributed by atoms with Gasteiger partial charge in [-0.05, 0) is 25.0 Å². The van der Waals surface area contributed by atoms with Gasteiger partial charge in [0.05, 0.1) is 23.3 Å². The molecule has 1 aromatic carbocycles. The predicted octanol–water partition coefficient (Wildman–Crippen LogP) is 1.70. The maximum Gasteiger partial charge on any atom is 0.336 e. The standard InChI is InChI=1S/C14H15F2NO4/c15-9-5-7(8(14(20)21)6-10(9)16)13(19)17-11-3-1-2-4-12(11)18/h5-6,11-12,18H,1-4H2,(H,17,19)(H,20,21)/t11-,12-/m0/s1. The molecule has 1 aliphatic carbocycles. The second kappa shape index (κ2) is 6.17. The number of rotatable bonds is 3. The van der Waals surface area contributed by atoms with Crippen LogP contribution in [0.1, 0.15) is 46.4 Å². The number of carboxylic acids is 1. The molecule has 1 aliphatic rings. The minimum absolute atomic E-state index is 0.459. The van der Waals surface area contributed by atoms with E-state index in [1.54, 1.807) is 0 Å². The number of aromatic carboxylic acids is 1. The largest absolute Gasteiger partial charge is 0.478 e. The molecule has 0 unspecified atom stereocenters. The summed E-state index contributed by atoms with van der Waals surface area (Å²) in [4.78, 5) is 23.1. The van der Waals surface area contributed by atoms with Crippen LogP contribution in [0.3, 0.4) is 0 Å². The van der Waals surface area contributed by atoms with Crippen LogP contribution in [0.25, 0.3) is 0 Å². The fourth-order valence-corrected chi connectivity index (χ4v) is 2.44. The molecule has 2 rings (SSSR count). The minimum Gasteiger partial charge on any atom is -0.478 e. The molecule has 0 bridgehead atoms. The van der Waals surface area contributed by atoms with Crippen LogP contribution in [0.4, 0.5) is 8.78 Å². The Kier molecular flexibility index (Phi) is 4.52. The number of aliphatic hydroxyl groups is 1. The van der Waals surface area contributed by atoms with E-state index < -0.39 is 46.8 Å². The molecule has 0 saturated heterocycles. The summed E-state index contributed by atoms with van der Waals surface area (Å²) < 4.78 is 26.3. The van der Waals surface area contributed by atoms with Gasteiger partial charge in [-0.3, -0.25) is 4.79 Å². The van der Waals surface area contributed by atoms with Crippen molar-refractivity contribution in [2.24, 2.45) is 0 Å². The molecule has 0 heterocycles. The zero-order valence-corrected chi connectivity index (χ0v) is 11.1. The molecule has 0 aromatic heterocycles. The van der Waals surface area contributed by atoms with Crippen molar-refractivity contribution in [3.63, 3.8) is 0 Å². The SMILES string of the molecule is O=C(O)c1cc(F)c(F)cc1C(=O)N[C@H]1CCCC[C@@H]1O. The van der Waals surface area contributed by atoms with E-state index in [4.69, 9.17) is 5.11 Å². The number of carbonyl (C=O) groups excluding carboxylic acids is 1. The summed E-state index contributed by atoms with van der Waals surface area (Å²) in [5, 5.41) is 21.2. The van der Waals surface area contributed by atoms with Crippen LogP contribution in [0.15, 0.2) is 12.1 Å². The van der Waals surface area contributed by atoms with Gasteiger partial charge in [-0.2, -0.15) is 0 Å². The van der Waals surface area contributed by atoms with Gasteiger partial charge >= 0.3 is 5.97 Å². The molecule has 5 nitrogen and oxygen atoms in total. The maximum absolute atomic E-state index is 13.2. The van der Waals surface area contributed by atoms with E-state index in [2.05, 4.69) is 5.32 Å². The Balaban J connectivity index is 2.26. The Hall–Kier alpha value is -2.02. The van der Waals surface area contributed by atoms with Crippen LogP contribution in [0.2, 0.25) is 0 Å². The molecular weight excluding hydrogens is 284 g/mol. The molecule has 2 atom stereocenters. The number of hydrogen-bond acceptors (Lipinski definition) is 3. The summed E-state index contributed by atoms with van der Waals surface area (Å²) in [7, 11) is 0. The lowest BCUT2D eigenvalue weighted by Crippen LogP contribution is -2.45. The van der Waals surface area contributed by atoms with Gasteiger partial charge in [-0.1, -0.05) is 12.8 Å². The number of hydrogen-bond donors (Lipinski definition) is 3. The Morgan fingerprint density at radius 1 is 1.10 bits per heavy atom. The fourth-order valence-electron chi connectivity index (χ4n) is 2.44. The van der Waals surface area contributed by atoms with Crippen molar-refractivity contribution >= 4 is 11.9 Å². The van der Waals surface area contributed by atoms with Crippen molar-refractivity contribution < 1.29 is 28.6 Å². The lowest BCUT2D eigenvalue weighted by atomic mass is 9.92. The number of carbonyl (C=O) groups is 2. The van der Waals surface area contributed by atoms with Crippen molar-refractivity contribution in [2.45, 2.75) is 37.8 Å². The minimum atomic E-state index is -1.52. The molecule has 114 valence electrons. The first-order chi connectivity index (χ1) is 9.90. The molecule has 0 radical (unpaired) electrons. The number of amides is 1. The molecule has 3 N–H and O–H groups in total. The maximum atomic E-state index is 13.2. The first kappa shape index (κ1) is 15.4. The third-order valence-electron chi connectivity index (χ3n) is 3.58. The van der Waals surface area contributed by atoms with Gasteiger partial charge in [0.25, 0.3) is 5.91 Å². The van der Waals surface area contributed by atoms with Crippen LogP contribution >= 0.6 is 0 Å². The lowest BCUT2D eigenvalue weighted by Gasteiger charge is -2.28. The number of benzene rings is 1. The summed E-state index contributed by atoms with van der Waals surface area (Å²) in [6.07, 6.45) is 2.04. The summed E-state index contributed by atoms with van der Waals surface area (Å²) in [6.45, 7) is 0. The van der Waals surface area contributed by atoms with Gasteiger partial charge in [-0.25, -0.2) is 13.6 Å². The molecule has 7 heteroatoms. The highest BCUT2D eigenvalue weighted by Gasteiger charge is 2.27. The Bertz CT molecular complexity index is 576. The van der Waals surface area contributed by atoms with Gasteiger partial charge in [0.15, 0.2) is 11.6 Å². The zero-order chi connectivity index (χ0) is 15.6. The molecular formula is C14H15F2NO4. The van der Waals surface area contributed by atoms with E-state index >= 15 is 0 Å². The van der Waals surface area contributed by atoms with E-state index in [1.165, 1.54) is 0 Å². The average molecular weight is 299 g/mol. The highest BCUT2D eigenvalue weighted by atomic mass is 19.2. The summed E-state index contributed by atoms with van der Waals surface area (Å²) >= 11 is 0. The summed E-state index contributed by atoms with van der Waals surface area (Å²) in [6, 6.07) is 0.522. The first-order valence-corrected chi connectivity index (χ1v) is 6.61. The van der Waals surface area contributed by atoms with Crippen LogP contribution in [0, 0.1) is 11.6 Å². The van der Waals surface area contributed by atoms with Gasteiger partial charge in [0, 0.05) is 0 Å². The number of halogens is 2. The van der Waals surface area contributed by atoms with Crippen molar-refractivity contribution in [3.8, 4) is 0 Å². The second-order valence-corrected chi connectivity index (χ2v) is 5.05. The topological polar surface area (TPSA) is 86.6 Å². The molecule has 1 saturated carbocycles. The Labute approximate surface area is 119 Å². The average Bonchev–Trinajstić information content (AvgIpc) is 2.43. The van der Waals surface area contributed by atoms with Crippen LogP contribution in [-0.2, 0) is 0 Å². The molecule has 1 amide bonds. The van der Waals surface area contributed by atoms with Gasteiger partial charge in [0.1, 0.15) is 0 Å². The Morgan fingerprint density at radius 3 is 2.24 bits per heavy atom. The Morgan fingerprint density at radius 2 is 1.67 bits per heavy atom. The number of nitrogens with one attached hydrogen (secondary N) is 1. The van der Waals surface area contributed by atoms with Crippen molar-refractivity contribution in [1.29, 1.82) is 0 Å². The summed E-state index contributed by atoms with van der Waals surface area (Å²) in [5.41, 5.74) is -1.07. The van der Waals surface area contributed by atoms with Gasteiger partial charge in [-0.15, -0.1) is 0 Å². The van der Waals surface area contributed by atoms with Crippen molar-refractivity contribution in [3.05, 3.63) is 34.9 Å². The van der Waals surface area contributed by atoms with Crippen molar-refractivity contribution in [2.75, 3.05) is 0 Å². The molecule has 1 fully saturated rings. The molecule has 1 aromatic rings.